The average molecular weight is 293 g/mol. The molecular formula is C11H23N3O4S. The molecule has 8 heteroatoms. The smallest absolute Gasteiger partial charge is 0.409 e. The van der Waals surface area contributed by atoms with E-state index in [1.54, 1.807) is 18.7 Å². The lowest BCUT2D eigenvalue weighted by Gasteiger charge is -2.33. The molecule has 1 aliphatic rings. The van der Waals surface area contributed by atoms with Crippen LogP contribution in [-0.4, -0.2) is 75.9 Å². The van der Waals surface area contributed by atoms with E-state index in [-0.39, 0.29) is 6.09 Å². The molecule has 1 saturated heterocycles. The van der Waals surface area contributed by atoms with Crippen molar-refractivity contribution in [1.29, 1.82) is 0 Å². The highest BCUT2D eigenvalue weighted by Crippen LogP contribution is 2.03. The van der Waals surface area contributed by atoms with E-state index in [2.05, 4.69) is 14.4 Å². The second-order valence-corrected chi connectivity index (χ2v) is 7.11. The normalized spacial score (nSPS) is 17.8. The predicted molar refractivity (Wildman–Crippen MR) is 72.5 cm³/mol. The Morgan fingerprint density at radius 2 is 1.84 bits per heavy atom. The van der Waals surface area contributed by atoms with Crippen molar-refractivity contribution in [3.8, 4) is 0 Å². The summed E-state index contributed by atoms with van der Waals surface area (Å²) in [5.41, 5.74) is 0. The topological polar surface area (TPSA) is 79.0 Å². The van der Waals surface area contributed by atoms with Gasteiger partial charge in [-0.25, -0.2) is 17.9 Å². The van der Waals surface area contributed by atoms with Crippen molar-refractivity contribution in [1.82, 2.24) is 14.5 Å². The van der Waals surface area contributed by atoms with Gasteiger partial charge in [-0.05, 0) is 13.8 Å². The number of hydrogen-bond acceptors (Lipinski definition) is 5. The molecule has 112 valence electrons. The van der Waals surface area contributed by atoms with E-state index in [9.17, 15) is 13.2 Å². The number of hydrogen-bond donors (Lipinski definition) is 1. The van der Waals surface area contributed by atoms with Crippen LogP contribution in [-0.2, 0) is 14.8 Å². The van der Waals surface area contributed by atoms with Gasteiger partial charge in [0.1, 0.15) is 0 Å². The second-order valence-electron chi connectivity index (χ2n) is 4.79. The first-order chi connectivity index (χ1) is 8.86. The van der Waals surface area contributed by atoms with E-state index in [0.29, 0.717) is 26.2 Å². The molecule has 1 heterocycles. The molecule has 1 fully saturated rings. The van der Waals surface area contributed by atoms with Gasteiger partial charge in [-0.15, -0.1) is 0 Å². The first-order valence-corrected chi connectivity index (χ1v) is 7.95. The Labute approximate surface area is 114 Å². The van der Waals surface area contributed by atoms with Gasteiger partial charge in [0.05, 0.1) is 12.4 Å². The summed E-state index contributed by atoms with van der Waals surface area (Å²) in [6.07, 6.45) is -0.305. The summed E-state index contributed by atoms with van der Waals surface area (Å²) in [4.78, 5) is 15.1. The van der Waals surface area contributed by atoms with Crippen LogP contribution in [0.2, 0.25) is 0 Å². The maximum Gasteiger partial charge on any atom is 0.409 e. The third kappa shape index (κ3) is 4.96. The van der Waals surface area contributed by atoms with Crippen molar-refractivity contribution in [2.24, 2.45) is 0 Å². The van der Waals surface area contributed by atoms with Gasteiger partial charge >= 0.3 is 6.09 Å². The van der Waals surface area contributed by atoms with Gasteiger partial charge in [-0.1, -0.05) is 0 Å². The molecule has 0 radical (unpaired) electrons. The lowest BCUT2D eigenvalue weighted by Crippen LogP contribution is -2.50. The number of amides is 1. The van der Waals surface area contributed by atoms with Gasteiger partial charge in [0.25, 0.3) is 0 Å². The highest BCUT2D eigenvalue weighted by atomic mass is 32.2. The van der Waals surface area contributed by atoms with Crippen LogP contribution in [0.5, 0.6) is 0 Å². The summed E-state index contributed by atoms with van der Waals surface area (Å²) in [6, 6.07) is 0. The quantitative estimate of drug-likeness (QED) is 0.753. The van der Waals surface area contributed by atoms with Crippen LogP contribution in [0.25, 0.3) is 0 Å². The van der Waals surface area contributed by atoms with E-state index in [4.69, 9.17) is 0 Å². The van der Waals surface area contributed by atoms with Crippen LogP contribution in [0.1, 0.15) is 13.8 Å². The summed E-state index contributed by atoms with van der Waals surface area (Å²) in [5.74, 6) is 0. The molecule has 0 aromatic rings. The monoisotopic (exact) mass is 293 g/mol. The van der Waals surface area contributed by atoms with E-state index in [0.717, 1.165) is 13.1 Å². The van der Waals surface area contributed by atoms with Gasteiger partial charge in [0.15, 0.2) is 0 Å². The van der Waals surface area contributed by atoms with Crippen molar-refractivity contribution in [3.63, 3.8) is 0 Å². The molecule has 1 rings (SSSR count). The number of ether oxygens (including phenoxy) is 1. The standard InChI is InChI=1S/C11H23N3O4S/c1-10(2)19(16,17)12-4-5-13-6-8-14(9-7-13)11(15)18-3/h10,12H,4-9H2,1-3H3. The van der Waals surface area contributed by atoms with Crippen LogP contribution >= 0.6 is 0 Å². The number of methoxy groups -OCH3 is 1. The molecule has 1 amide bonds. The first kappa shape index (κ1) is 16.2. The Bertz CT molecular complexity index is 389. The highest BCUT2D eigenvalue weighted by Gasteiger charge is 2.21. The lowest BCUT2D eigenvalue weighted by atomic mass is 10.3. The van der Waals surface area contributed by atoms with Crippen LogP contribution in [0, 0.1) is 0 Å². The van der Waals surface area contributed by atoms with Crippen molar-refractivity contribution in [3.05, 3.63) is 0 Å². The van der Waals surface area contributed by atoms with Gasteiger partial charge in [-0.3, -0.25) is 4.90 Å². The Kier molecular flexibility index (Phi) is 6.02. The van der Waals surface area contributed by atoms with E-state index < -0.39 is 15.3 Å². The molecule has 0 aromatic carbocycles. The molecule has 0 bridgehead atoms. The highest BCUT2D eigenvalue weighted by molar-refractivity contribution is 7.90. The van der Waals surface area contributed by atoms with Gasteiger partial charge in [0, 0.05) is 39.3 Å². The number of nitrogens with one attached hydrogen (secondary N) is 1. The number of piperazine rings is 1. The predicted octanol–water partition coefficient (Wildman–Crippen LogP) is -0.302. The van der Waals surface area contributed by atoms with E-state index >= 15 is 0 Å². The first-order valence-electron chi connectivity index (χ1n) is 6.40. The minimum Gasteiger partial charge on any atom is -0.453 e. The lowest BCUT2D eigenvalue weighted by molar-refractivity contribution is 0.0918. The minimum absolute atomic E-state index is 0.305. The number of carbonyl (C=O) groups excluding carboxylic acids is 1. The number of sulfonamides is 1. The second kappa shape index (κ2) is 7.06. The summed E-state index contributed by atoms with van der Waals surface area (Å²) in [7, 11) is -1.82. The molecule has 0 saturated carbocycles. The molecule has 0 spiro atoms. The van der Waals surface area contributed by atoms with Gasteiger partial charge in [-0.2, -0.15) is 0 Å². The largest absolute Gasteiger partial charge is 0.453 e. The molecule has 1 aliphatic heterocycles. The molecule has 19 heavy (non-hydrogen) atoms. The van der Waals surface area contributed by atoms with Crippen LogP contribution in [0.3, 0.4) is 0 Å². The summed E-state index contributed by atoms with van der Waals surface area (Å²) in [6.45, 7) is 7.05. The molecule has 1 N–H and O–H groups in total. The maximum absolute atomic E-state index is 11.6. The molecule has 0 aromatic heterocycles. The van der Waals surface area contributed by atoms with Crippen molar-refractivity contribution >= 4 is 16.1 Å². The van der Waals surface area contributed by atoms with Crippen LogP contribution in [0.4, 0.5) is 4.79 Å². The van der Waals surface area contributed by atoms with Crippen molar-refractivity contribution in [2.45, 2.75) is 19.1 Å². The van der Waals surface area contributed by atoms with Crippen LogP contribution in [0.15, 0.2) is 0 Å². The Morgan fingerprint density at radius 3 is 2.32 bits per heavy atom. The Balaban J connectivity index is 2.25. The van der Waals surface area contributed by atoms with E-state index in [1.807, 2.05) is 0 Å². The zero-order valence-electron chi connectivity index (χ0n) is 11.8. The van der Waals surface area contributed by atoms with Gasteiger partial charge in [0.2, 0.25) is 10.0 Å². The van der Waals surface area contributed by atoms with Gasteiger partial charge < -0.3 is 9.64 Å². The number of nitrogens with zero attached hydrogens (tertiary/aromatic N) is 2. The molecular weight excluding hydrogens is 270 g/mol. The third-order valence-electron chi connectivity index (χ3n) is 3.16. The van der Waals surface area contributed by atoms with E-state index in [1.165, 1.54) is 7.11 Å². The fourth-order valence-electron chi connectivity index (χ4n) is 1.80. The van der Waals surface area contributed by atoms with Crippen molar-refractivity contribution in [2.75, 3.05) is 46.4 Å². The zero-order valence-corrected chi connectivity index (χ0v) is 12.6. The fraction of sp³-hybridized carbons (Fsp3) is 0.909. The molecule has 0 unspecified atom stereocenters. The maximum atomic E-state index is 11.6. The Morgan fingerprint density at radius 1 is 1.26 bits per heavy atom. The summed E-state index contributed by atoms with van der Waals surface area (Å²) >= 11 is 0. The van der Waals surface area contributed by atoms with Crippen molar-refractivity contribution < 1.29 is 17.9 Å². The average Bonchev–Trinajstić information content (AvgIpc) is 2.38. The summed E-state index contributed by atoms with van der Waals surface area (Å²) in [5, 5.41) is -0.413. The number of carbonyl (C=O) groups is 1. The van der Waals surface area contributed by atoms with Crippen LogP contribution < -0.4 is 4.72 Å². The third-order valence-corrected chi connectivity index (χ3v) is 5.00. The zero-order chi connectivity index (χ0) is 14.5. The SMILES string of the molecule is COC(=O)N1CCN(CCNS(=O)(=O)C(C)C)CC1. The molecule has 0 aliphatic carbocycles. The fourth-order valence-corrected chi connectivity index (χ4v) is 2.50. The summed E-state index contributed by atoms with van der Waals surface area (Å²) < 4.78 is 30.3. The molecule has 0 atom stereocenters. The molecule has 7 nitrogen and oxygen atoms in total. The number of rotatable bonds is 5. The minimum atomic E-state index is -3.19. The Hall–Kier alpha value is -0.860.